The molecule has 0 spiro atoms. The molecule has 5 aliphatic heterocycles. The molecule has 12 nitrogen and oxygen atoms in total. The number of hydrogen-bond acceptors (Lipinski definition) is 10. The van der Waals surface area contributed by atoms with Gasteiger partial charge < -0.3 is 66.3 Å². The van der Waals surface area contributed by atoms with E-state index in [-0.39, 0.29) is 66.5 Å². The second-order valence-corrected chi connectivity index (χ2v) is 50.0. The van der Waals surface area contributed by atoms with Gasteiger partial charge in [-0.25, -0.2) is 4.79 Å². The Labute approximate surface area is 905 Å². The normalized spacial score (nSPS) is 16.7. The van der Waals surface area contributed by atoms with Crippen LogP contribution >= 0.6 is 0 Å². The largest absolute Gasteiger partial charge is 1.00 e. The summed E-state index contributed by atoms with van der Waals surface area (Å²) in [6.07, 6.45) is 29.8. The Morgan fingerprint density at radius 2 is 0.592 bits per heavy atom. The standard InChI is InChI=1S/2C24H25S.C19H14O2S.C19H17S.C14H21NO3.C11H22N2.C10H20N2.C9H21N2.BrH/c2*1-4-10-20(11-5-1)21-16-18-24(19-17-21)25(22-12-6-2-7-13-22)23-14-8-3-9-15-23;20-19(21)15-11-13-18(14-12-15)22(16-7-3-1-4-8-16)17-9-5-2-6-10-17;1-16-12-14-19(15-13-16)20(17-8-4-2-5-9-17)18-10-6-3-7-11-18;1-14(2,3)18-13(16)12(15)9-10-5-7-11(17-4)8-6-10;1-12-9-5-11(6-10-12)13-7-3-2-4-8-13;1-11-8-4-10(5-9-11)12-6-2-3-7-12;1-10-7-5-9(6-8-10)11(2,3)4;/h2*2-3,6-9,12-20H,1,4-5,10-11H2;1-14H;2-15H,1H3;5-8,12H,9,15H2,1-4H3;11H,2-10H2,1H3;10H,2-9H2,1H3;9H,5-8H2,1-4H3;1H/q2*+1;;+1;;;;+1;. The Kier molecular flexibility index (Phi) is 48.5. The molecule has 1 unspecified atom stereocenters. The summed E-state index contributed by atoms with van der Waals surface area (Å²) in [4.78, 5) is 51.5. The van der Waals surface area contributed by atoms with Crippen LogP contribution in [-0.2, 0) is 59.5 Å². The maximum atomic E-state index is 11.7. The maximum absolute atomic E-state index is 11.7. The van der Waals surface area contributed by atoms with E-state index in [1.54, 1.807) is 19.2 Å². The summed E-state index contributed by atoms with van der Waals surface area (Å²) < 4.78 is 11.4. The Balaban J connectivity index is 0.000000151. The second kappa shape index (κ2) is 61.5. The number of carbonyl (C=O) groups is 2. The van der Waals surface area contributed by atoms with Crippen molar-refractivity contribution in [3.05, 3.63) is 392 Å². The molecular weight excluding hydrogens is 1950 g/mol. The number of aryl methyl sites for hydroxylation is 1. The van der Waals surface area contributed by atoms with E-state index in [0.717, 1.165) is 50.7 Å². The predicted molar refractivity (Wildman–Crippen MR) is 616 cm³/mol. The van der Waals surface area contributed by atoms with Crippen LogP contribution in [0.3, 0.4) is 0 Å². The van der Waals surface area contributed by atoms with Crippen LogP contribution in [0.25, 0.3) is 0 Å². The number of nitrogens with two attached hydrogens (primary N) is 1. The topological polar surface area (TPSA) is 115 Å². The van der Waals surface area contributed by atoms with E-state index < -0.39 is 17.6 Å². The highest BCUT2D eigenvalue weighted by molar-refractivity contribution is 7.98. The van der Waals surface area contributed by atoms with Crippen molar-refractivity contribution in [1.82, 2.24) is 24.5 Å². The number of piperidine rings is 4. The minimum absolute atomic E-state index is 0. The number of likely N-dealkylation sites (tertiary alicyclic amines) is 5. The van der Waals surface area contributed by atoms with Crippen LogP contribution in [0.4, 0.5) is 0 Å². The molecule has 7 fully saturated rings. The zero-order valence-electron chi connectivity index (χ0n) is 89.6. The lowest BCUT2D eigenvalue weighted by Gasteiger charge is -2.39. The van der Waals surface area contributed by atoms with Crippen molar-refractivity contribution in [2.24, 2.45) is 5.73 Å². The number of benzene rings is 13. The zero-order chi connectivity index (χ0) is 103. The summed E-state index contributed by atoms with van der Waals surface area (Å²) in [5, 5.41) is 9.05. The highest BCUT2D eigenvalue weighted by Crippen LogP contribution is 2.40. The molecule has 2 aliphatic carbocycles. The first-order valence-corrected chi connectivity index (χ1v) is 58.8. The zero-order valence-corrected chi connectivity index (χ0v) is 94.4. The highest BCUT2D eigenvalue weighted by Gasteiger charge is 2.36. The van der Waals surface area contributed by atoms with Gasteiger partial charge in [-0.15, -0.1) is 0 Å². The van der Waals surface area contributed by atoms with Crippen molar-refractivity contribution in [1.29, 1.82) is 0 Å². The van der Waals surface area contributed by atoms with Crippen LogP contribution in [0.2, 0.25) is 0 Å². The van der Waals surface area contributed by atoms with Crippen LogP contribution in [0.5, 0.6) is 5.75 Å². The summed E-state index contributed by atoms with van der Waals surface area (Å²) in [6, 6.07) is 130. The monoisotopic (exact) mass is 2110 g/mol. The predicted octanol–water partition coefficient (Wildman–Crippen LogP) is 25.7. The number of rotatable bonds is 22. The van der Waals surface area contributed by atoms with Gasteiger partial charge in [0.1, 0.15) is 17.4 Å². The first-order chi connectivity index (χ1) is 71.0. The Morgan fingerprint density at radius 3 is 0.857 bits per heavy atom. The fourth-order valence-electron chi connectivity index (χ4n) is 20.5. The molecule has 2 saturated carbocycles. The Morgan fingerprint density at radius 1 is 0.340 bits per heavy atom. The molecule has 0 aromatic heterocycles. The van der Waals surface area contributed by atoms with E-state index in [4.69, 9.17) is 20.3 Å². The number of nitrogens with zero attached hydrogens (tertiary/aromatic N) is 6. The van der Waals surface area contributed by atoms with Crippen molar-refractivity contribution >= 4 is 55.5 Å². The molecule has 1 atom stereocenters. The van der Waals surface area contributed by atoms with Gasteiger partial charge >= 0.3 is 11.9 Å². The molecule has 0 bridgehead atoms. The number of quaternary nitrogens is 1. The molecule has 5 heterocycles. The number of halogens is 1. The van der Waals surface area contributed by atoms with Gasteiger partial charge in [-0.2, -0.15) is 0 Å². The molecule has 0 radical (unpaired) electrons. The number of carboxylic acids is 1. The van der Waals surface area contributed by atoms with Gasteiger partial charge in [-0.1, -0.05) is 245 Å². The summed E-state index contributed by atoms with van der Waals surface area (Å²) in [6.45, 7) is 20.9. The SMILES string of the molecule is CN1CCC(N2CCCC2)CC1.CN1CCC(N2CCCCC2)CC1.CN1CCC([N+](C)(C)C)CC1.COc1ccc(CC(N)C(=O)OC(C)(C)C)cc1.Cc1ccc([S+](c2ccccc2)c2ccccc2)cc1.O=C(O)c1ccc([S+](c2ccccc2)c2ccccc2)cc1.[Br-].c1ccc([S+](c2ccccc2)c2ccc(C3CCCCC3)cc2)cc1.c1ccc([S+](c2ccccc2)c2ccc(C3CCCCC3)cc2)cc1. The third kappa shape index (κ3) is 38.0. The summed E-state index contributed by atoms with van der Waals surface area (Å²) in [5.74, 6) is 1.06. The smallest absolute Gasteiger partial charge is 0.335 e. The van der Waals surface area contributed by atoms with Gasteiger partial charge in [0.05, 0.1) is 83.4 Å². The molecular formula is C130H166BrN7O5S4+4. The van der Waals surface area contributed by atoms with Crippen molar-refractivity contribution in [3.8, 4) is 5.75 Å². The molecule has 147 heavy (non-hydrogen) atoms. The van der Waals surface area contributed by atoms with Crippen LogP contribution < -0.4 is 27.5 Å². The lowest BCUT2D eigenvalue weighted by atomic mass is 9.84. The van der Waals surface area contributed by atoms with E-state index in [9.17, 15) is 9.59 Å². The maximum Gasteiger partial charge on any atom is 0.335 e. The van der Waals surface area contributed by atoms with Crippen molar-refractivity contribution in [2.45, 2.75) is 269 Å². The first kappa shape index (κ1) is 116. The van der Waals surface area contributed by atoms with Gasteiger partial charge in [0.2, 0.25) is 0 Å². The number of carboxylic acid groups (broad SMARTS) is 1. The number of esters is 1. The second-order valence-electron chi connectivity index (χ2n) is 41.9. The third-order valence-electron chi connectivity index (χ3n) is 28.9. The molecule has 7 aliphatic rings. The van der Waals surface area contributed by atoms with E-state index in [2.05, 4.69) is 353 Å². The molecule has 20 rings (SSSR count). The van der Waals surface area contributed by atoms with E-state index in [1.165, 1.54) is 271 Å². The number of methoxy groups -OCH3 is 1. The number of carbonyl (C=O) groups excluding carboxylic acids is 1. The minimum Gasteiger partial charge on any atom is -1.00 e. The molecule has 17 heteroatoms. The number of aromatic carboxylic acids is 1. The average molecular weight is 2110 g/mol. The van der Waals surface area contributed by atoms with Crippen LogP contribution in [0.1, 0.15) is 200 Å². The van der Waals surface area contributed by atoms with Crippen LogP contribution in [0, 0.1) is 6.92 Å². The highest BCUT2D eigenvalue weighted by atomic mass is 79.9. The lowest BCUT2D eigenvalue weighted by Crippen LogP contribution is -3.00. The Hall–Kier alpha value is -9.80. The molecule has 3 N–H and O–H groups in total. The van der Waals surface area contributed by atoms with Gasteiger partial charge in [0.25, 0.3) is 0 Å². The minimum atomic E-state index is -0.897. The molecule has 13 aromatic rings. The Bertz CT molecular complexity index is 5490. The molecule has 0 amide bonds. The third-order valence-corrected chi connectivity index (χ3v) is 37.8. The first-order valence-electron chi connectivity index (χ1n) is 53.9. The van der Waals surface area contributed by atoms with Crippen LogP contribution in [-0.4, -0.2) is 191 Å². The van der Waals surface area contributed by atoms with Gasteiger partial charge in [-0.3, -0.25) is 4.79 Å². The quantitative estimate of drug-likeness (QED) is 0.0384. The summed E-state index contributed by atoms with van der Waals surface area (Å²) in [7, 11) is 14.9. The van der Waals surface area contributed by atoms with Gasteiger partial charge in [0, 0.05) is 38.0 Å². The van der Waals surface area contributed by atoms with Gasteiger partial charge in [0.15, 0.2) is 58.7 Å². The fraction of sp³-hybridized carbons (Fsp3) is 0.385. The van der Waals surface area contributed by atoms with Crippen LogP contribution in [0.15, 0.2) is 423 Å². The molecule has 778 valence electrons. The van der Waals surface area contributed by atoms with Crippen molar-refractivity contribution in [2.75, 3.05) is 115 Å². The van der Waals surface area contributed by atoms with E-state index in [0.29, 0.717) is 12.0 Å². The lowest BCUT2D eigenvalue weighted by molar-refractivity contribution is -0.897. The van der Waals surface area contributed by atoms with Gasteiger partial charge in [-0.05, 0) is 383 Å². The number of hydrogen-bond donors (Lipinski definition) is 2. The van der Waals surface area contributed by atoms with Crippen molar-refractivity contribution < 1.29 is 45.6 Å². The summed E-state index contributed by atoms with van der Waals surface area (Å²) in [5.41, 5.74) is 11.0. The van der Waals surface area contributed by atoms with E-state index >= 15 is 0 Å². The summed E-state index contributed by atoms with van der Waals surface area (Å²) >= 11 is 0. The molecule has 13 aromatic carbocycles. The number of ether oxygens (including phenoxy) is 2. The van der Waals surface area contributed by atoms with Crippen molar-refractivity contribution in [3.63, 3.8) is 0 Å². The fourth-order valence-corrected chi connectivity index (χ4v) is 28.8. The van der Waals surface area contributed by atoms with E-state index in [1.807, 2.05) is 93.6 Å². The molecule has 5 saturated heterocycles. The average Bonchev–Trinajstić information content (AvgIpc) is 1.01.